The third-order valence-electron chi connectivity index (χ3n) is 14.7. The van der Waals surface area contributed by atoms with Crippen molar-refractivity contribution in [3.8, 4) is 0 Å². The Morgan fingerprint density at radius 2 is 1.55 bits per heavy atom. The van der Waals surface area contributed by atoms with Crippen LogP contribution in [0.25, 0.3) is 36.1 Å². The quantitative estimate of drug-likeness (QED) is 0.0433. The molecule has 1 fully saturated rings. The van der Waals surface area contributed by atoms with Gasteiger partial charge in [-0.1, -0.05) is 105 Å². The third-order valence-corrected chi connectivity index (χ3v) is 14.7. The SMILES string of the molecule is C=Cc1c2[nH]c(c1C)/C=C1\NC(C3=c4[nH]/c(c(C)c4C(=O)[C@@H]3C(=O)OC)=C\c3[nH]c(/c(=C\O)c3CC)=C\2)[C@@H](CCC(=O)OC/C=C(\C)CCC[C@H](C)CCC[C@H](C)CCCC(C)C)[C@@H]1C. The number of carbonyl (C=O) groups is 3. The Balaban J connectivity index is 1.22. The number of aromatic amines is 3. The van der Waals surface area contributed by atoms with Gasteiger partial charge in [-0.15, -0.1) is 0 Å². The van der Waals surface area contributed by atoms with E-state index in [4.69, 9.17) is 9.47 Å². The molecule has 3 aliphatic rings. The first-order chi connectivity index (χ1) is 31.1. The minimum atomic E-state index is -1.14. The van der Waals surface area contributed by atoms with Crippen LogP contribution < -0.4 is 26.6 Å². The number of aliphatic hydroxyl groups excluding tert-OH is 1. The lowest BCUT2D eigenvalue weighted by Crippen LogP contribution is -2.38. The molecule has 8 bridgehead atoms. The highest BCUT2D eigenvalue weighted by Crippen LogP contribution is 2.42. The smallest absolute Gasteiger partial charge is 0.320 e. The van der Waals surface area contributed by atoms with Crippen LogP contribution in [0.15, 0.2) is 23.9 Å². The molecule has 6 atom stereocenters. The number of ketones is 1. The van der Waals surface area contributed by atoms with Crippen molar-refractivity contribution < 1.29 is 29.0 Å². The highest BCUT2D eigenvalue weighted by Gasteiger charge is 2.49. The fourth-order valence-corrected chi connectivity index (χ4v) is 10.7. The van der Waals surface area contributed by atoms with Crippen LogP contribution in [0, 0.1) is 49.4 Å². The lowest BCUT2D eigenvalue weighted by atomic mass is 9.80. The van der Waals surface area contributed by atoms with Crippen molar-refractivity contribution in [3.63, 3.8) is 0 Å². The number of methoxy groups -OCH3 is 1. The van der Waals surface area contributed by atoms with E-state index in [1.165, 1.54) is 57.6 Å². The Hall–Kier alpha value is -5.25. The number of hydrogen-bond donors (Lipinski definition) is 5. The molecule has 0 saturated carbocycles. The van der Waals surface area contributed by atoms with Crippen LogP contribution in [0.5, 0.6) is 0 Å². The summed E-state index contributed by atoms with van der Waals surface area (Å²) in [5.41, 5.74) is 9.32. The number of allylic oxidation sites excluding steroid dienone is 2. The number of ether oxygens (including phenoxy) is 2. The predicted octanol–water partition coefficient (Wildman–Crippen LogP) is 8.87. The Labute approximate surface area is 386 Å². The van der Waals surface area contributed by atoms with E-state index in [0.717, 1.165) is 86.7 Å². The van der Waals surface area contributed by atoms with Crippen LogP contribution in [0.3, 0.4) is 0 Å². The Bertz CT molecular complexity index is 2560. The summed E-state index contributed by atoms with van der Waals surface area (Å²) in [5.74, 6) is -0.281. The van der Waals surface area contributed by atoms with Gasteiger partial charge in [-0.2, -0.15) is 0 Å². The number of carbonyl (C=O) groups excluding carboxylic acids is 3. The molecule has 1 aliphatic carbocycles. The molecule has 6 rings (SSSR count). The first-order valence-electron chi connectivity index (χ1n) is 24.4. The van der Waals surface area contributed by atoms with Crippen molar-refractivity contribution in [2.45, 2.75) is 145 Å². The molecule has 1 unspecified atom stereocenters. The molecular formula is C55H76N4O6. The van der Waals surface area contributed by atoms with Gasteiger partial charge in [0.1, 0.15) is 12.5 Å². The average Bonchev–Trinajstić information content (AvgIpc) is 4.02. The van der Waals surface area contributed by atoms with Crippen LogP contribution in [-0.4, -0.2) is 57.5 Å². The summed E-state index contributed by atoms with van der Waals surface area (Å²) in [7, 11) is 1.31. The van der Waals surface area contributed by atoms with Crippen molar-refractivity contribution in [2.75, 3.05) is 13.7 Å². The van der Waals surface area contributed by atoms with Crippen molar-refractivity contribution >= 4 is 53.9 Å². The van der Waals surface area contributed by atoms with E-state index >= 15 is 0 Å². The van der Waals surface area contributed by atoms with Gasteiger partial charge in [0.2, 0.25) is 0 Å². The maximum atomic E-state index is 14.4. The largest absolute Gasteiger partial charge is 0.515 e. The van der Waals surface area contributed by atoms with E-state index in [0.29, 0.717) is 40.5 Å². The number of aliphatic hydroxyl groups is 1. The second-order valence-electron chi connectivity index (χ2n) is 19.8. The van der Waals surface area contributed by atoms with Gasteiger partial charge in [-0.25, -0.2) is 0 Å². The molecule has 65 heavy (non-hydrogen) atoms. The Morgan fingerprint density at radius 1 is 0.877 bits per heavy atom. The molecule has 2 aliphatic heterocycles. The van der Waals surface area contributed by atoms with Crippen LogP contribution in [0.1, 0.15) is 169 Å². The molecule has 3 aromatic heterocycles. The zero-order valence-corrected chi connectivity index (χ0v) is 40.9. The lowest BCUT2D eigenvalue weighted by molar-refractivity contribution is -0.143. The van der Waals surface area contributed by atoms with E-state index in [9.17, 15) is 19.5 Å². The Kier molecular flexibility index (Phi) is 16.5. The molecule has 0 radical (unpaired) electrons. The van der Waals surface area contributed by atoms with Gasteiger partial charge in [0.25, 0.3) is 0 Å². The molecule has 10 heteroatoms. The van der Waals surface area contributed by atoms with Crippen molar-refractivity contribution in [3.05, 3.63) is 90.1 Å². The molecule has 1 saturated heterocycles. The summed E-state index contributed by atoms with van der Waals surface area (Å²) in [5, 5.41) is 17.0. The van der Waals surface area contributed by atoms with Crippen LogP contribution >= 0.6 is 0 Å². The normalized spacial score (nSPS) is 22.2. The van der Waals surface area contributed by atoms with Gasteiger partial charge in [-0.05, 0) is 117 Å². The van der Waals surface area contributed by atoms with E-state index in [1.54, 1.807) is 0 Å². The molecule has 5 N–H and O–H groups in total. The molecule has 0 aromatic carbocycles. The molecule has 352 valence electrons. The number of rotatable bonds is 20. The second kappa shape index (κ2) is 21.8. The van der Waals surface area contributed by atoms with Crippen LogP contribution in [0.4, 0.5) is 0 Å². The number of fused-ring (bicyclic) bond motifs is 8. The van der Waals surface area contributed by atoms with E-state index < -0.39 is 17.9 Å². The van der Waals surface area contributed by atoms with Gasteiger partial charge >= 0.3 is 11.9 Å². The first kappa shape index (κ1) is 49.2. The number of aromatic nitrogens is 3. The maximum absolute atomic E-state index is 14.4. The number of nitrogens with one attached hydrogen (secondary N) is 4. The monoisotopic (exact) mass is 889 g/mol. The van der Waals surface area contributed by atoms with Gasteiger partial charge in [-0.3, -0.25) is 14.4 Å². The minimum Gasteiger partial charge on any atom is -0.515 e. The summed E-state index contributed by atoms with van der Waals surface area (Å²) in [6.45, 7) is 24.0. The number of Topliss-reactive ketones (excluding diaryl/α,β-unsaturated/α-hetero) is 1. The summed E-state index contributed by atoms with van der Waals surface area (Å²) in [6.07, 6.45) is 23.6. The molecule has 0 amide bonds. The summed E-state index contributed by atoms with van der Waals surface area (Å²) < 4.78 is 11.1. The average molecular weight is 889 g/mol. The molecule has 3 aromatic rings. The standard InChI is InChI=1S/C55H76N4O6/c1-12-38-35(8)42-27-43-36(9)40(23-24-48(61)65-26-25-34(7)22-16-21-33(6)20-15-19-32(5)18-14-17-31(3)4)52(58-43)50-51(55(63)64-11)54(62)49-37(10)44(59-53(49)50)28-46-39(13-2)41(30-60)47(57-46)29-45(38)56-42/h12,25,27-33,36,40,51-52,56-60H,1,13-24,26H2,2-11H3/b34-25+,41-30-,43-27-,44-28-,47-29-/t32-,33-,36+,40+,51-,52?/m1/s1. The second-order valence-corrected chi connectivity index (χ2v) is 19.8. The van der Waals surface area contributed by atoms with E-state index in [2.05, 4.69) is 74.5 Å². The molecule has 0 spiro atoms. The molecule has 5 heterocycles. The highest BCUT2D eigenvalue weighted by molar-refractivity contribution is 6.19. The van der Waals surface area contributed by atoms with Crippen LogP contribution in [-0.2, 0) is 25.5 Å². The van der Waals surface area contributed by atoms with Crippen molar-refractivity contribution in [1.29, 1.82) is 0 Å². The summed E-state index contributed by atoms with van der Waals surface area (Å²) in [4.78, 5) is 52.2. The Morgan fingerprint density at radius 3 is 2.20 bits per heavy atom. The first-order valence-corrected chi connectivity index (χ1v) is 24.4. The zero-order valence-electron chi connectivity index (χ0n) is 40.9. The highest BCUT2D eigenvalue weighted by atomic mass is 16.5. The number of hydrogen-bond acceptors (Lipinski definition) is 7. The summed E-state index contributed by atoms with van der Waals surface area (Å²) >= 11 is 0. The van der Waals surface area contributed by atoms with Crippen molar-refractivity contribution in [1.82, 2.24) is 20.3 Å². The van der Waals surface area contributed by atoms with E-state index in [1.807, 2.05) is 45.1 Å². The topological polar surface area (TPSA) is 149 Å². The molecular weight excluding hydrogens is 813 g/mol. The fourth-order valence-electron chi connectivity index (χ4n) is 10.7. The third kappa shape index (κ3) is 10.9. The van der Waals surface area contributed by atoms with Gasteiger partial charge < -0.3 is 34.8 Å². The van der Waals surface area contributed by atoms with Crippen molar-refractivity contribution in [2.24, 2.45) is 35.5 Å². The number of H-pyrrole nitrogens is 3. The van der Waals surface area contributed by atoms with Gasteiger partial charge in [0.05, 0.1) is 30.1 Å². The maximum Gasteiger partial charge on any atom is 0.320 e. The lowest BCUT2D eigenvalue weighted by Gasteiger charge is -2.25. The molecule has 10 nitrogen and oxygen atoms in total. The van der Waals surface area contributed by atoms with Crippen LogP contribution in [0.2, 0.25) is 0 Å². The predicted molar refractivity (Wildman–Crippen MR) is 264 cm³/mol. The fraction of sp³-hybridized carbons (Fsp3) is 0.545. The van der Waals surface area contributed by atoms with E-state index in [-0.39, 0.29) is 36.6 Å². The van der Waals surface area contributed by atoms with Gasteiger partial charge in [0, 0.05) is 56.8 Å². The zero-order chi connectivity index (χ0) is 47.1. The summed E-state index contributed by atoms with van der Waals surface area (Å²) in [6, 6.07) is -0.473. The minimum absolute atomic E-state index is 0.0891. The number of esters is 2. The van der Waals surface area contributed by atoms with Gasteiger partial charge in [0.15, 0.2) is 5.78 Å².